The van der Waals surface area contributed by atoms with Crippen molar-refractivity contribution in [3.05, 3.63) is 83.5 Å². The minimum Gasteiger partial charge on any atom is -0.457 e. The molecule has 0 atom stereocenters. The second-order valence-corrected chi connectivity index (χ2v) is 10.7. The molecule has 0 radical (unpaired) electrons. The van der Waals surface area contributed by atoms with Gasteiger partial charge in [0, 0.05) is 37.4 Å². The number of nitrogens with zero attached hydrogens (tertiary/aromatic N) is 5. The first-order valence-corrected chi connectivity index (χ1v) is 14.1. The maximum absolute atomic E-state index is 6.14. The van der Waals surface area contributed by atoms with Gasteiger partial charge in [-0.1, -0.05) is 26.3 Å². The molecule has 214 valence electrons. The minimum atomic E-state index is 0.740. The maximum Gasteiger partial charge on any atom is 0.158 e. The van der Waals surface area contributed by atoms with Crippen LogP contribution in [-0.2, 0) is 7.05 Å². The van der Waals surface area contributed by atoms with E-state index in [9.17, 15) is 0 Å². The topological polar surface area (TPSA) is 80.8 Å². The number of ether oxygens (including phenoxy) is 1. The smallest absolute Gasteiger partial charge is 0.158 e. The molecule has 0 aliphatic heterocycles. The summed E-state index contributed by atoms with van der Waals surface area (Å²) in [6.45, 7) is 17.2. The number of aryl methyl sites for hydroxylation is 3. The second-order valence-electron chi connectivity index (χ2n) is 10.7. The monoisotopic (exact) mass is 543 g/mol. The minimum absolute atomic E-state index is 0.740. The van der Waals surface area contributed by atoms with Crippen LogP contribution in [0.5, 0.6) is 11.5 Å². The highest BCUT2D eigenvalue weighted by Crippen LogP contribution is 2.29. The highest BCUT2D eigenvalue weighted by molar-refractivity contribution is 5.76. The van der Waals surface area contributed by atoms with Crippen LogP contribution in [0.25, 0.3) is 5.52 Å². The number of fused-ring (bicyclic) bond motifs is 1. The fraction of sp³-hybridized carbons (Fsp3) is 0.406. The third-order valence-corrected chi connectivity index (χ3v) is 6.20. The van der Waals surface area contributed by atoms with Crippen LogP contribution in [0.15, 0.2) is 71.9 Å². The zero-order valence-corrected chi connectivity index (χ0v) is 25.3. The van der Waals surface area contributed by atoms with Gasteiger partial charge >= 0.3 is 0 Å². The number of allylic oxidation sites excluding steroid dienone is 1. The number of hydrogen-bond donors (Lipinski definition) is 2. The summed E-state index contributed by atoms with van der Waals surface area (Å²) in [4.78, 5) is 8.93. The Morgan fingerprint density at radius 3 is 2.55 bits per heavy atom. The molecule has 0 amide bonds. The molecule has 0 unspecified atom stereocenters. The Kier molecular flexibility index (Phi) is 11.5. The van der Waals surface area contributed by atoms with Crippen molar-refractivity contribution < 1.29 is 4.74 Å². The fourth-order valence-electron chi connectivity index (χ4n) is 3.92. The number of pyridine rings is 1. The van der Waals surface area contributed by atoms with E-state index < -0.39 is 0 Å². The zero-order valence-electron chi connectivity index (χ0n) is 25.3. The van der Waals surface area contributed by atoms with Crippen LogP contribution in [-0.4, -0.2) is 32.3 Å². The predicted molar refractivity (Wildman–Crippen MR) is 165 cm³/mol. The van der Waals surface area contributed by atoms with E-state index in [0.717, 1.165) is 56.6 Å². The van der Waals surface area contributed by atoms with Crippen LogP contribution in [0.4, 0.5) is 11.5 Å². The molecule has 0 bridgehead atoms. The standard InChI is InChI=1S/C24H26N6O.C8H19N/c1-16(2)14-25-22-13-20(9-10-29(22)5)31-21-7-6-19(12-18(21)4)28-24-23-17(3)8-11-30(23)27-15-26-24;1-4-6-9-7-5-8(2)3/h6-15H,1-5H3,(H,26,27,28);8-9H,4-7H2,1-3H3. The van der Waals surface area contributed by atoms with Gasteiger partial charge < -0.3 is 19.9 Å². The average Bonchev–Trinajstić information content (AvgIpc) is 3.30. The van der Waals surface area contributed by atoms with Gasteiger partial charge in [-0.3, -0.25) is 0 Å². The number of hydrogen-bond acceptors (Lipinski definition) is 6. The molecule has 40 heavy (non-hydrogen) atoms. The van der Waals surface area contributed by atoms with Crippen molar-refractivity contribution in [2.45, 2.75) is 61.3 Å². The molecule has 0 saturated heterocycles. The summed E-state index contributed by atoms with van der Waals surface area (Å²) in [6.07, 6.45) is 9.82. The van der Waals surface area contributed by atoms with Crippen LogP contribution < -0.4 is 20.9 Å². The normalized spacial score (nSPS) is 11.4. The highest BCUT2D eigenvalue weighted by atomic mass is 16.5. The predicted octanol–water partition coefficient (Wildman–Crippen LogP) is 7.08. The Balaban J connectivity index is 0.000000424. The Labute approximate surface area is 238 Å². The Hall–Kier alpha value is -3.91. The van der Waals surface area contributed by atoms with Gasteiger partial charge in [0.2, 0.25) is 0 Å². The number of benzene rings is 1. The second kappa shape index (κ2) is 15.0. The van der Waals surface area contributed by atoms with Gasteiger partial charge in [0.25, 0.3) is 0 Å². The summed E-state index contributed by atoms with van der Waals surface area (Å²) in [5.74, 6) is 3.14. The summed E-state index contributed by atoms with van der Waals surface area (Å²) in [6, 6.07) is 11.9. The Morgan fingerprint density at radius 2 is 1.85 bits per heavy atom. The van der Waals surface area contributed by atoms with Crippen LogP contribution in [0.2, 0.25) is 0 Å². The molecular weight excluding hydrogens is 498 g/mol. The largest absolute Gasteiger partial charge is 0.457 e. The van der Waals surface area contributed by atoms with Crippen LogP contribution in [0, 0.1) is 19.8 Å². The van der Waals surface area contributed by atoms with E-state index in [2.05, 4.69) is 46.5 Å². The third kappa shape index (κ3) is 9.09. The molecule has 3 aromatic heterocycles. The molecule has 1 aromatic carbocycles. The van der Waals surface area contributed by atoms with Crippen LogP contribution in [0.3, 0.4) is 0 Å². The van der Waals surface area contributed by atoms with Crippen molar-refractivity contribution in [1.82, 2.24) is 24.5 Å². The van der Waals surface area contributed by atoms with Crippen LogP contribution >= 0.6 is 0 Å². The molecule has 0 aliphatic carbocycles. The molecule has 8 heteroatoms. The van der Waals surface area contributed by atoms with Crippen LogP contribution in [0.1, 0.15) is 58.6 Å². The van der Waals surface area contributed by atoms with Gasteiger partial charge in [-0.25, -0.2) is 14.5 Å². The SMILES string of the molecule is CC(C)=CN=c1cc(Oc2ccc(Nc3ncnn4ccc(C)c34)cc2C)ccn1C.CCCNCCC(C)C. The quantitative estimate of drug-likeness (QED) is 0.209. The van der Waals surface area contributed by atoms with Gasteiger partial charge in [0.1, 0.15) is 28.8 Å². The zero-order chi connectivity index (χ0) is 29.1. The van der Waals surface area contributed by atoms with Crippen molar-refractivity contribution in [2.24, 2.45) is 18.0 Å². The van der Waals surface area contributed by atoms with E-state index in [-0.39, 0.29) is 0 Å². The molecule has 0 fully saturated rings. The summed E-state index contributed by atoms with van der Waals surface area (Å²) in [5, 5.41) is 11.0. The van der Waals surface area contributed by atoms with Crippen molar-refractivity contribution in [1.29, 1.82) is 0 Å². The van der Waals surface area contributed by atoms with E-state index >= 15 is 0 Å². The fourth-order valence-corrected chi connectivity index (χ4v) is 3.92. The third-order valence-electron chi connectivity index (χ3n) is 6.20. The summed E-state index contributed by atoms with van der Waals surface area (Å²) < 4.78 is 9.92. The van der Waals surface area contributed by atoms with Gasteiger partial charge in [0.15, 0.2) is 5.82 Å². The first kappa shape index (κ1) is 30.6. The van der Waals surface area contributed by atoms with E-state index in [1.807, 2.05) is 98.8 Å². The average molecular weight is 544 g/mol. The molecule has 4 aromatic rings. The van der Waals surface area contributed by atoms with Crippen molar-refractivity contribution in [3.8, 4) is 11.5 Å². The van der Waals surface area contributed by atoms with E-state index in [4.69, 9.17) is 4.74 Å². The molecule has 3 heterocycles. The Morgan fingerprint density at radius 1 is 1.05 bits per heavy atom. The van der Waals surface area contributed by atoms with Crippen molar-refractivity contribution in [2.75, 3.05) is 18.4 Å². The first-order valence-electron chi connectivity index (χ1n) is 14.1. The first-order chi connectivity index (χ1) is 19.2. The maximum atomic E-state index is 6.14. The summed E-state index contributed by atoms with van der Waals surface area (Å²) >= 11 is 0. The van der Waals surface area contributed by atoms with Gasteiger partial charge in [-0.2, -0.15) is 5.10 Å². The van der Waals surface area contributed by atoms with Gasteiger partial charge in [-0.15, -0.1) is 0 Å². The summed E-state index contributed by atoms with van der Waals surface area (Å²) in [5.41, 5.74) is 5.99. The molecule has 2 N–H and O–H groups in total. The molecular formula is C32H45N7O. The van der Waals surface area contributed by atoms with Crippen molar-refractivity contribution in [3.63, 3.8) is 0 Å². The highest BCUT2D eigenvalue weighted by Gasteiger charge is 2.09. The number of aromatic nitrogens is 4. The lowest BCUT2D eigenvalue weighted by molar-refractivity contribution is 0.475. The number of anilines is 2. The lowest BCUT2D eigenvalue weighted by Gasteiger charge is -2.13. The summed E-state index contributed by atoms with van der Waals surface area (Å²) in [7, 11) is 1.96. The van der Waals surface area contributed by atoms with Crippen molar-refractivity contribution >= 4 is 17.0 Å². The lowest BCUT2D eigenvalue weighted by Crippen LogP contribution is -2.17. The Bertz CT molecular complexity index is 1480. The van der Waals surface area contributed by atoms with E-state index in [1.165, 1.54) is 25.9 Å². The number of rotatable bonds is 10. The molecule has 0 spiro atoms. The molecule has 8 nitrogen and oxygen atoms in total. The van der Waals surface area contributed by atoms with Gasteiger partial charge in [0.05, 0.1) is 0 Å². The van der Waals surface area contributed by atoms with E-state index in [0.29, 0.717) is 0 Å². The number of nitrogens with one attached hydrogen (secondary N) is 2. The molecule has 4 rings (SSSR count). The molecule has 0 aliphatic rings. The lowest BCUT2D eigenvalue weighted by atomic mass is 10.1. The van der Waals surface area contributed by atoms with Gasteiger partial charge in [-0.05, 0) is 101 Å². The van der Waals surface area contributed by atoms with E-state index in [1.54, 1.807) is 6.33 Å². The molecule has 0 saturated carbocycles.